The minimum absolute atomic E-state index is 0.131. The number of nitrogens with zero attached hydrogens (tertiary/aromatic N) is 1. The Kier molecular flexibility index (Phi) is 5.64. The highest BCUT2D eigenvalue weighted by molar-refractivity contribution is 7.90. The third kappa shape index (κ3) is 4.35. The number of rotatable bonds is 4. The van der Waals surface area contributed by atoms with Crippen LogP contribution in [0.15, 0.2) is 29.2 Å². The van der Waals surface area contributed by atoms with Crippen molar-refractivity contribution in [2.75, 3.05) is 12.9 Å². The highest BCUT2D eigenvalue weighted by Crippen LogP contribution is 2.22. The fourth-order valence-electron chi connectivity index (χ4n) is 3.04. The molecule has 2 rings (SSSR count). The summed E-state index contributed by atoms with van der Waals surface area (Å²) in [5.41, 5.74) is 0.218. The van der Waals surface area contributed by atoms with Crippen molar-refractivity contribution in [3.05, 3.63) is 29.8 Å². The molecule has 1 fully saturated rings. The normalized spacial score (nSPS) is 21.4. The lowest BCUT2D eigenvalue weighted by Gasteiger charge is -2.38. The number of benzene rings is 1. The van der Waals surface area contributed by atoms with Crippen LogP contribution in [-0.2, 0) is 19.4 Å². The van der Waals surface area contributed by atoms with Crippen molar-refractivity contribution < 1.29 is 22.7 Å². The fourth-order valence-corrected chi connectivity index (χ4v) is 3.67. The summed E-state index contributed by atoms with van der Waals surface area (Å²) in [6.45, 7) is 3.69. The van der Waals surface area contributed by atoms with E-state index in [1.54, 1.807) is 4.90 Å². The van der Waals surface area contributed by atoms with E-state index in [0.717, 1.165) is 25.5 Å². The second kappa shape index (κ2) is 7.34. The number of esters is 1. The van der Waals surface area contributed by atoms with Crippen LogP contribution in [0.1, 0.15) is 43.5 Å². The monoisotopic (exact) mass is 353 g/mol. The summed E-state index contributed by atoms with van der Waals surface area (Å²) in [6, 6.07) is 5.76. The first-order valence-corrected chi connectivity index (χ1v) is 9.87. The van der Waals surface area contributed by atoms with Crippen LogP contribution in [0.2, 0.25) is 0 Å². The Bertz CT molecular complexity index is 701. The number of hydrogen-bond donors (Lipinski definition) is 0. The van der Waals surface area contributed by atoms with Gasteiger partial charge < -0.3 is 9.64 Å². The van der Waals surface area contributed by atoms with Crippen molar-refractivity contribution in [3.63, 3.8) is 0 Å². The lowest BCUT2D eigenvalue weighted by Crippen LogP contribution is -2.49. The molecule has 0 spiro atoms. The first kappa shape index (κ1) is 18.4. The van der Waals surface area contributed by atoms with Crippen LogP contribution in [0.3, 0.4) is 0 Å². The smallest absolute Gasteiger partial charge is 0.338 e. The third-order valence-electron chi connectivity index (χ3n) is 4.33. The predicted molar refractivity (Wildman–Crippen MR) is 89.5 cm³/mol. The van der Waals surface area contributed by atoms with Crippen molar-refractivity contribution in [2.45, 2.75) is 50.1 Å². The molecule has 1 aromatic carbocycles. The Morgan fingerprint density at radius 1 is 1.12 bits per heavy atom. The van der Waals surface area contributed by atoms with Gasteiger partial charge in [-0.25, -0.2) is 13.2 Å². The molecule has 1 aliphatic heterocycles. The number of sulfone groups is 1. The molecule has 1 aromatic rings. The van der Waals surface area contributed by atoms with Gasteiger partial charge in [0.25, 0.3) is 5.91 Å². The van der Waals surface area contributed by atoms with Gasteiger partial charge in [0.05, 0.1) is 10.5 Å². The summed E-state index contributed by atoms with van der Waals surface area (Å²) < 4.78 is 27.9. The molecule has 0 N–H and O–H groups in total. The number of amides is 1. The van der Waals surface area contributed by atoms with E-state index in [9.17, 15) is 18.0 Å². The van der Waals surface area contributed by atoms with Crippen LogP contribution in [0.5, 0.6) is 0 Å². The van der Waals surface area contributed by atoms with Gasteiger partial charge in [0, 0.05) is 18.3 Å². The minimum Gasteiger partial charge on any atom is -0.452 e. The van der Waals surface area contributed by atoms with Crippen molar-refractivity contribution in [3.8, 4) is 0 Å². The summed E-state index contributed by atoms with van der Waals surface area (Å²) >= 11 is 0. The van der Waals surface area contributed by atoms with Crippen LogP contribution in [0.25, 0.3) is 0 Å². The summed E-state index contributed by atoms with van der Waals surface area (Å²) in [6.07, 6.45) is 4.10. The molecule has 1 aliphatic rings. The van der Waals surface area contributed by atoms with E-state index in [1.165, 1.54) is 24.3 Å². The van der Waals surface area contributed by atoms with Gasteiger partial charge in [-0.3, -0.25) is 4.79 Å². The van der Waals surface area contributed by atoms with Crippen molar-refractivity contribution >= 4 is 21.7 Å². The average Bonchev–Trinajstić information content (AvgIpc) is 2.51. The standard InChI is InChI=1S/C17H23NO5S/c1-12-5-4-6-13(2)18(12)16(19)11-23-17(20)14-7-9-15(10-8-14)24(3,21)22/h7-10,12-13H,4-6,11H2,1-3H3/t12-,13+. The predicted octanol–water partition coefficient (Wildman–Crippen LogP) is 2.04. The maximum absolute atomic E-state index is 12.3. The molecule has 0 saturated carbocycles. The Morgan fingerprint density at radius 2 is 1.67 bits per heavy atom. The largest absolute Gasteiger partial charge is 0.452 e. The Hall–Kier alpha value is -1.89. The summed E-state index contributed by atoms with van der Waals surface area (Å²) in [5, 5.41) is 0. The van der Waals surface area contributed by atoms with Gasteiger partial charge in [0.15, 0.2) is 16.4 Å². The molecule has 0 aliphatic carbocycles. The molecule has 0 aromatic heterocycles. The highest BCUT2D eigenvalue weighted by Gasteiger charge is 2.29. The number of ether oxygens (including phenoxy) is 1. The summed E-state index contributed by atoms with van der Waals surface area (Å²) in [4.78, 5) is 26.2. The summed E-state index contributed by atoms with van der Waals surface area (Å²) in [5.74, 6) is -0.837. The van der Waals surface area contributed by atoms with Gasteiger partial charge >= 0.3 is 5.97 Å². The molecule has 0 radical (unpaired) electrons. The highest BCUT2D eigenvalue weighted by atomic mass is 32.2. The Balaban J connectivity index is 1.96. The Morgan fingerprint density at radius 3 is 2.17 bits per heavy atom. The van der Waals surface area contributed by atoms with Gasteiger partial charge in [-0.1, -0.05) is 0 Å². The van der Waals surface area contributed by atoms with Crippen molar-refractivity contribution in [1.82, 2.24) is 4.90 Å². The van der Waals surface area contributed by atoms with Gasteiger partial charge in [-0.2, -0.15) is 0 Å². The SMILES string of the molecule is C[C@@H]1CCC[C@H](C)N1C(=O)COC(=O)c1ccc(S(C)(=O)=O)cc1. The van der Waals surface area contributed by atoms with E-state index in [0.29, 0.717) is 0 Å². The van der Waals surface area contributed by atoms with Gasteiger partial charge in [0.1, 0.15) is 0 Å². The number of hydrogen-bond acceptors (Lipinski definition) is 5. The molecule has 0 unspecified atom stereocenters. The van der Waals surface area contributed by atoms with Gasteiger partial charge in [0.2, 0.25) is 0 Å². The molecule has 1 amide bonds. The van der Waals surface area contributed by atoms with Crippen LogP contribution < -0.4 is 0 Å². The van der Waals surface area contributed by atoms with Crippen LogP contribution in [0, 0.1) is 0 Å². The molecule has 0 bridgehead atoms. The molecule has 7 heteroatoms. The number of carbonyl (C=O) groups excluding carboxylic acids is 2. The topological polar surface area (TPSA) is 80.8 Å². The summed E-state index contributed by atoms with van der Waals surface area (Å²) in [7, 11) is -3.31. The van der Waals surface area contributed by atoms with Crippen LogP contribution in [0.4, 0.5) is 0 Å². The molecule has 1 saturated heterocycles. The van der Waals surface area contributed by atoms with E-state index in [1.807, 2.05) is 13.8 Å². The van der Waals surface area contributed by atoms with Gasteiger partial charge in [-0.15, -0.1) is 0 Å². The second-order valence-corrected chi connectivity index (χ2v) is 8.32. The van der Waals surface area contributed by atoms with Gasteiger partial charge in [-0.05, 0) is 57.4 Å². The maximum atomic E-state index is 12.3. The quantitative estimate of drug-likeness (QED) is 0.774. The number of piperidine rings is 1. The molecule has 1 heterocycles. The minimum atomic E-state index is -3.31. The molecular weight excluding hydrogens is 330 g/mol. The third-order valence-corrected chi connectivity index (χ3v) is 5.45. The Labute approximate surface area is 142 Å². The first-order chi connectivity index (χ1) is 11.2. The zero-order valence-electron chi connectivity index (χ0n) is 14.2. The number of carbonyl (C=O) groups is 2. The fraction of sp³-hybridized carbons (Fsp3) is 0.529. The van der Waals surface area contributed by atoms with Crippen molar-refractivity contribution in [1.29, 1.82) is 0 Å². The molecule has 6 nitrogen and oxygen atoms in total. The lowest BCUT2D eigenvalue weighted by atomic mass is 9.97. The zero-order valence-corrected chi connectivity index (χ0v) is 15.0. The molecule has 2 atom stereocenters. The lowest BCUT2D eigenvalue weighted by molar-refractivity contribution is -0.140. The van der Waals surface area contributed by atoms with E-state index < -0.39 is 15.8 Å². The molecular formula is C17H23NO5S. The van der Waals surface area contributed by atoms with Crippen molar-refractivity contribution in [2.24, 2.45) is 0 Å². The molecule has 132 valence electrons. The van der Waals surface area contributed by atoms with Crippen LogP contribution in [-0.4, -0.2) is 50.1 Å². The first-order valence-electron chi connectivity index (χ1n) is 7.98. The van der Waals surface area contributed by atoms with E-state index in [-0.39, 0.29) is 35.1 Å². The van der Waals surface area contributed by atoms with E-state index >= 15 is 0 Å². The zero-order chi connectivity index (χ0) is 17.9. The van der Waals surface area contributed by atoms with E-state index in [4.69, 9.17) is 4.74 Å². The van der Waals surface area contributed by atoms with E-state index in [2.05, 4.69) is 0 Å². The molecule has 24 heavy (non-hydrogen) atoms. The second-order valence-electron chi connectivity index (χ2n) is 6.30. The van der Waals surface area contributed by atoms with Crippen LogP contribution >= 0.6 is 0 Å². The number of likely N-dealkylation sites (tertiary alicyclic amines) is 1. The average molecular weight is 353 g/mol. The maximum Gasteiger partial charge on any atom is 0.338 e.